The van der Waals surface area contributed by atoms with Crippen molar-refractivity contribution in [3.8, 4) is 0 Å². The van der Waals surface area contributed by atoms with Crippen molar-refractivity contribution in [2.75, 3.05) is 6.61 Å². The summed E-state index contributed by atoms with van der Waals surface area (Å²) in [6, 6.07) is 0. The smallest absolute Gasteiger partial charge is 0.178 e. The largest absolute Gasteiger partial charge is 0.394 e. The summed E-state index contributed by atoms with van der Waals surface area (Å²) in [5.41, 5.74) is -1.61. The number of carbonyl (C=O) groups excluding carboxylic acids is 2. The normalized spacial score (nSPS) is 49.9. The summed E-state index contributed by atoms with van der Waals surface area (Å²) in [6.45, 7) is 5.38. The van der Waals surface area contributed by atoms with E-state index in [1.807, 2.05) is 19.9 Å². The fraction of sp³-hybridized carbons (Fsp3) is 0.727. The zero-order chi connectivity index (χ0) is 19.8. The Morgan fingerprint density at radius 3 is 2.67 bits per heavy atom. The summed E-state index contributed by atoms with van der Waals surface area (Å²) < 4.78 is 0. The lowest BCUT2D eigenvalue weighted by molar-refractivity contribution is -0.196. The first-order valence-corrected chi connectivity index (χ1v) is 10.1. The van der Waals surface area contributed by atoms with Gasteiger partial charge in [-0.25, -0.2) is 0 Å². The molecule has 0 heterocycles. The van der Waals surface area contributed by atoms with E-state index < -0.39 is 29.1 Å². The zero-order valence-corrected chi connectivity index (χ0v) is 16.3. The zero-order valence-electron chi connectivity index (χ0n) is 16.3. The van der Waals surface area contributed by atoms with Crippen LogP contribution >= 0.6 is 0 Å². The lowest BCUT2D eigenvalue weighted by Gasteiger charge is -2.57. The fourth-order valence-electron chi connectivity index (χ4n) is 7.24. The maximum atomic E-state index is 13.4. The topological polar surface area (TPSA) is 94.8 Å². The van der Waals surface area contributed by atoms with E-state index in [-0.39, 0.29) is 41.7 Å². The number of hydrogen-bond donors (Lipinski definition) is 3. The monoisotopic (exact) mass is 374 g/mol. The highest BCUT2D eigenvalue weighted by atomic mass is 16.4. The van der Waals surface area contributed by atoms with Crippen LogP contribution in [0.2, 0.25) is 0 Å². The average Bonchev–Trinajstić information content (AvgIpc) is 2.82. The van der Waals surface area contributed by atoms with Crippen LogP contribution in [0.15, 0.2) is 23.8 Å². The van der Waals surface area contributed by atoms with Crippen LogP contribution in [0, 0.1) is 34.5 Å². The van der Waals surface area contributed by atoms with Gasteiger partial charge in [-0.15, -0.1) is 0 Å². The molecule has 3 saturated carbocycles. The van der Waals surface area contributed by atoms with Gasteiger partial charge in [-0.2, -0.15) is 0 Å². The Kier molecular flexibility index (Phi) is 4.12. The molecule has 0 aromatic carbocycles. The van der Waals surface area contributed by atoms with Crippen LogP contribution < -0.4 is 0 Å². The number of Topliss-reactive ketones (excluding diaryl/α,β-unsaturated/α-hetero) is 1. The number of ketones is 2. The molecule has 0 bridgehead atoms. The minimum absolute atomic E-state index is 0.0102. The lowest BCUT2D eigenvalue weighted by atomic mass is 9.46. The maximum Gasteiger partial charge on any atom is 0.178 e. The van der Waals surface area contributed by atoms with E-state index in [4.69, 9.17) is 0 Å². The van der Waals surface area contributed by atoms with E-state index in [0.29, 0.717) is 0 Å². The lowest BCUT2D eigenvalue weighted by Crippen LogP contribution is -2.63. The number of fused-ring (bicyclic) bond motifs is 5. The summed E-state index contributed by atoms with van der Waals surface area (Å²) in [5, 5.41) is 31.5. The summed E-state index contributed by atoms with van der Waals surface area (Å²) in [6.07, 6.45) is 6.46. The van der Waals surface area contributed by atoms with Gasteiger partial charge in [-0.3, -0.25) is 9.59 Å². The van der Waals surface area contributed by atoms with Crippen molar-refractivity contribution >= 4 is 11.6 Å². The second kappa shape index (κ2) is 5.85. The number of rotatable bonds is 2. The molecule has 5 nitrogen and oxygen atoms in total. The van der Waals surface area contributed by atoms with Gasteiger partial charge in [0.2, 0.25) is 0 Å². The van der Waals surface area contributed by atoms with Crippen LogP contribution in [0.3, 0.4) is 0 Å². The number of aliphatic hydroxyl groups excluding tert-OH is 2. The Hall–Kier alpha value is -1.30. The van der Waals surface area contributed by atoms with Crippen LogP contribution in [0.5, 0.6) is 0 Å². The third kappa shape index (κ3) is 2.22. The molecule has 3 N–H and O–H groups in total. The predicted molar refractivity (Wildman–Crippen MR) is 99.6 cm³/mol. The molecule has 0 amide bonds. The van der Waals surface area contributed by atoms with Gasteiger partial charge in [0.15, 0.2) is 5.78 Å². The number of hydrogen-bond acceptors (Lipinski definition) is 5. The van der Waals surface area contributed by atoms with E-state index in [1.54, 1.807) is 12.2 Å². The first kappa shape index (κ1) is 19.0. The Morgan fingerprint density at radius 1 is 1.30 bits per heavy atom. The van der Waals surface area contributed by atoms with Gasteiger partial charge >= 0.3 is 0 Å². The van der Waals surface area contributed by atoms with E-state index in [9.17, 15) is 24.9 Å². The molecule has 0 aromatic rings. The molecule has 0 aliphatic heterocycles. The minimum atomic E-state index is -1.47. The van der Waals surface area contributed by atoms with Gasteiger partial charge in [-0.1, -0.05) is 32.4 Å². The van der Waals surface area contributed by atoms with Gasteiger partial charge in [0.25, 0.3) is 0 Å². The summed E-state index contributed by atoms with van der Waals surface area (Å²) in [5.74, 6) is -0.0907. The molecule has 4 rings (SSSR count). The highest BCUT2D eigenvalue weighted by molar-refractivity contribution is 6.01. The highest BCUT2D eigenvalue weighted by Gasteiger charge is 2.70. The van der Waals surface area contributed by atoms with Crippen molar-refractivity contribution in [2.45, 2.75) is 58.2 Å². The standard InChI is InChI=1S/C22H30O5/c1-12-8-16-15-5-4-13-9-14(24)6-7-20(13,2)19(15)17(25)10-21(16,3)22(12,27)18(26)11-23/h6-7,9,12,15-16,18-19,23,26-27H,4-5,8,10-11H2,1-3H3/t12-,15-,16-,18?,19+,20-,21-,22-/m0/s1. The second-order valence-electron chi connectivity index (χ2n) is 9.70. The minimum Gasteiger partial charge on any atom is -0.394 e. The molecule has 3 fully saturated rings. The Morgan fingerprint density at radius 2 is 2.00 bits per heavy atom. The Balaban J connectivity index is 1.78. The first-order valence-electron chi connectivity index (χ1n) is 10.1. The van der Waals surface area contributed by atoms with Gasteiger partial charge in [0, 0.05) is 23.2 Å². The molecule has 0 aromatic heterocycles. The Labute approximate surface area is 160 Å². The van der Waals surface area contributed by atoms with Crippen molar-refractivity contribution in [1.29, 1.82) is 0 Å². The maximum absolute atomic E-state index is 13.4. The molecule has 8 atom stereocenters. The molecule has 4 aliphatic rings. The number of aliphatic hydroxyl groups is 3. The predicted octanol–water partition coefficient (Wildman–Crippen LogP) is 1.80. The van der Waals surface area contributed by atoms with E-state index in [2.05, 4.69) is 6.92 Å². The van der Waals surface area contributed by atoms with Crippen molar-refractivity contribution < 1.29 is 24.9 Å². The molecule has 4 aliphatic carbocycles. The SMILES string of the molecule is C[C@H]1C[C@H]2[C@@H]3CCC4=CC(=O)C=C[C@]4(C)[C@H]3C(=O)C[C@]2(C)[C@@]1(O)C(O)CO. The molecular weight excluding hydrogens is 344 g/mol. The van der Waals surface area contributed by atoms with Crippen LogP contribution in [-0.4, -0.2) is 45.2 Å². The first-order chi connectivity index (χ1) is 12.6. The van der Waals surface area contributed by atoms with E-state index in [1.165, 1.54) is 0 Å². The van der Waals surface area contributed by atoms with Crippen LogP contribution in [-0.2, 0) is 9.59 Å². The second-order valence-corrected chi connectivity index (χ2v) is 9.70. The number of allylic oxidation sites excluding steroid dienone is 4. The summed E-state index contributed by atoms with van der Waals surface area (Å²) in [7, 11) is 0. The van der Waals surface area contributed by atoms with E-state index in [0.717, 1.165) is 24.8 Å². The van der Waals surface area contributed by atoms with Crippen molar-refractivity contribution in [2.24, 2.45) is 34.5 Å². The van der Waals surface area contributed by atoms with Gasteiger partial charge in [-0.05, 0) is 49.2 Å². The molecule has 0 spiro atoms. The van der Waals surface area contributed by atoms with Crippen molar-refractivity contribution in [3.63, 3.8) is 0 Å². The molecule has 0 radical (unpaired) electrons. The fourth-order valence-corrected chi connectivity index (χ4v) is 7.24. The van der Waals surface area contributed by atoms with Crippen LogP contribution in [0.1, 0.15) is 46.5 Å². The quantitative estimate of drug-likeness (QED) is 0.685. The molecule has 0 saturated heterocycles. The van der Waals surface area contributed by atoms with Crippen LogP contribution in [0.25, 0.3) is 0 Å². The van der Waals surface area contributed by atoms with E-state index >= 15 is 0 Å². The van der Waals surface area contributed by atoms with Crippen molar-refractivity contribution in [3.05, 3.63) is 23.8 Å². The van der Waals surface area contributed by atoms with Crippen molar-refractivity contribution in [1.82, 2.24) is 0 Å². The molecular formula is C22H30O5. The molecule has 1 unspecified atom stereocenters. The Bertz CT molecular complexity index is 754. The summed E-state index contributed by atoms with van der Waals surface area (Å²) >= 11 is 0. The molecule has 5 heteroatoms. The summed E-state index contributed by atoms with van der Waals surface area (Å²) in [4.78, 5) is 25.3. The van der Waals surface area contributed by atoms with Gasteiger partial charge in [0.1, 0.15) is 17.5 Å². The number of carbonyl (C=O) groups is 2. The highest BCUT2D eigenvalue weighted by Crippen LogP contribution is 2.67. The van der Waals surface area contributed by atoms with Gasteiger partial charge in [0.05, 0.1) is 6.61 Å². The average molecular weight is 374 g/mol. The molecule has 27 heavy (non-hydrogen) atoms. The third-order valence-corrected chi connectivity index (χ3v) is 8.60. The van der Waals surface area contributed by atoms with Gasteiger partial charge < -0.3 is 15.3 Å². The third-order valence-electron chi connectivity index (χ3n) is 8.60. The van der Waals surface area contributed by atoms with Crippen LogP contribution in [0.4, 0.5) is 0 Å². The molecule has 148 valence electrons.